The van der Waals surface area contributed by atoms with Crippen LogP contribution in [0.15, 0.2) is 64.5 Å². The Morgan fingerprint density at radius 1 is 1.10 bits per heavy atom. The van der Waals surface area contributed by atoms with E-state index in [1.54, 1.807) is 0 Å². The lowest BCUT2D eigenvalue weighted by atomic mass is 10.1. The molecule has 2 heterocycles. The van der Waals surface area contributed by atoms with Crippen molar-refractivity contribution >= 4 is 56.3 Å². The number of benzene rings is 2. The molecule has 0 aliphatic carbocycles. The Morgan fingerprint density at radius 3 is 2.23 bits per heavy atom. The Labute approximate surface area is 184 Å². The predicted octanol–water partition coefficient (Wildman–Crippen LogP) is 4.31. The molecule has 4 rings (SSSR count). The number of aromatic nitrogens is 1. The van der Waals surface area contributed by atoms with E-state index in [1.165, 1.54) is 18.2 Å². The molecule has 0 unspecified atom stereocenters. The van der Waals surface area contributed by atoms with Crippen molar-refractivity contribution in [2.45, 2.75) is 26.3 Å². The molecular formula is C23H22N4O3S. The van der Waals surface area contributed by atoms with Crippen molar-refractivity contribution in [2.75, 3.05) is 7.11 Å². The summed E-state index contributed by atoms with van der Waals surface area (Å²) in [4.78, 5) is 34.7. The molecule has 7 nitrogen and oxygen atoms in total. The number of para-hydroxylation sites is 2. The maximum Gasteiger partial charge on any atom is 0.331 e. The van der Waals surface area contributed by atoms with Crippen LogP contribution in [0, 0.1) is 0 Å². The van der Waals surface area contributed by atoms with E-state index in [2.05, 4.69) is 5.43 Å². The number of hydrogen-bond acceptors (Lipinski definition) is 7. The highest BCUT2D eigenvalue weighted by Gasteiger charge is 2.36. The minimum absolute atomic E-state index is 0.241. The highest BCUT2D eigenvalue weighted by atomic mass is 32.2. The first-order valence-electron chi connectivity index (χ1n) is 9.73. The van der Waals surface area contributed by atoms with Gasteiger partial charge >= 0.3 is 5.97 Å². The van der Waals surface area contributed by atoms with Gasteiger partial charge in [0.25, 0.3) is 5.91 Å². The third kappa shape index (κ3) is 4.30. The summed E-state index contributed by atoms with van der Waals surface area (Å²) in [5.41, 5.74) is 5.13. The smallest absolute Gasteiger partial charge is 0.331 e. The molecule has 1 aliphatic heterocycles. The molecule has 8 heteroatoms. The van der Waals surface area contributed by atoms with E-state index >= 15 is 0 Å². The molecule has 0 saturated carbocycles. The summed E-state index contributed by atoms with van der Waals surface area (Å²) in [5, 5.41) is 3.57. The molecule has 31 heavy (non-hydrogen) atoms. The third-order valence-corrected chi connectivity index (χ3v) is 5.44. The number of amides is 1. The molecule has 1 N–H and O–H groups in total. The van der Waals surface area contributed by atoms with Crippen LogP contribution in [0.2, 0.25) is 0 Å². The van der Waals surface area contributed by atoms with E-state index in [-0.39, 0.29) is 10.8 Å². The van der Waals surface area contributed by atoms with Crippen molar-refractivity contribution < 1.29 is 14.3 Å². The minimum Gasteiger partial charge on any atom is -0.466 e. The molecule has 1 aromatic heterocycles. The largest absolute Gasteiger partial charge is 0.466 e. The maximum absolute atomic E-state index is 13.0. The van der Waals surface area contributed by atoms with Gasteiger partial charge in [-0.05, 0) is 44.7 Å². The summed E-state index contributed by atoms with van der Waals surface area (Å²) >= 11 is 1.13. The van der Waals surface area contributed by atoms with Crippen LogP contribution in [-0.2, 0) is 14.3 Å². The second kappa shape index (κ2) is 8.13. The summed E-state index contributed by atoms with van der Waals surface area (Å²) in [6, 6.07) is 15.5. The lowest BCUT2D eigenvalue weighted by Gasteiger charge is -2.27. The zero-order valence-electron chi connectivity index (χ0n) is 17.7. The van der Waals surface area contributed by atoms with Gasteiger partial charge in [-0.25, -0.2) is 25.2 Å². The predicted molar refractivity (Wildman–Crippen MR) is 124 cm³/mol. The van der Waals surface area contributed by atoms with Gasteiger partial charge in [0.05, 0.1) is 28.7 Å². The molecule has 1 saturated heterocycles. The minimum atomic E-state index is -0.590. The molecule has 1 amide bonds. The molecule has 0 spiro atoms. The second-order valence-corrected chi connectivity index (χ2v) is 9.03. The number of amidine groups is 1. The maximum atomic E-state index is 13.0. The molecule has 0 atom stereocenters. The van der Waals surface area contributed by atoms with Crippen molar-refractivity contribution in [3.05, 3.63) is 59.5 Å². The number of methoxy groups -OCH3 is 1. The highest BCUT2D eigenvalue weighted by Crippen LogP contribution is 2.37. The molecule has 0 radical (unpaired) electrons. The quantitative estimate of drug-likeness (QED) is 0.376. The second-order valence-electron chi connectivity index (χ2n) is 8.03. The third-order valence-electron chi connectivity index (χ3n) is 4.47. The summed E-state index contributed by atoms with van der Waals surface area (Å²) in [6.45, 7) is 5.84. The van der Waals surface area contributed by atoms with Gasteiger partial charge in [0.1, 0.15) is 0 Å². The number of carbonyl (C=O) groups excluding carboxylic acids is 2. The van der Waals surface area contributed by atoms with Crippen molar-refractivity contribution in [3.8, 4) is 0 Å². The first-order valence-corrected chi connectivity index (χ1v) is 10.5. The fraction of sp³-hybridized carbons (Fsp3) is 0.217. The van der Waals surface area contributed by atoms with E-state index in [1.807, 2.05) is 69.3 Å². The topological polar surface area (TPSA) is 83.9 Å². The summed E-state index contributed by atoms with van der Waals surface area (Å²) < 4.78 is 4.70. The van der Waals surface area contributed by atoms with Crippen LogP contribution in [0.1, 0.15) is 20.8 Å². The Kier molecular flexibility index (Phi) is 5.51. The van der Waals surface area contributed by atoms with Crippen LogP contribution >= 0.6 is 11.8 Å². The molecule has 2 aromatic carbocycles. The van der Waals surface area contributed by atoms with Gasteiger partial charge in [-0.15, -0.1) is 0 Å². The standard InChI is InChI=1S/C23H22N4O3S/c1-23(2,3)26-27-21(29)18(13-19(28)30-4)31-22(27)25-20-14-9-5-7-11-16(14)24-17-12-8-6-10-15(17)20/h5-13,26H,1-4H3/b18-13-,25-22?. The lowest BCUT2D eigenvalue weighted by Crippen LogP contribution is -2.51. The number of ether oxygens (including phenoxy) is 1. The molecular weight excluding hydrogens is 412 g/mol. The van der Waals surface area contributed by atoms with Gasteiger partial charge in [0.2, 0.25) is 0 Å². The van der Waals surface area contributed by atoms with Gasteiger partial charge < -0.3 is 4.74 Å². The van der Waals surface area contributed by atoms with E-state index in [9.17, 15) is 9.59 Å². The van der Waals surface area contributed by atoms with Gasteiger partial charge in [0.15, 0.2) is 5.17 Å². The number of esters is 1. The number of carbonyl (C=O) groups is 2. The molecule has 1 fully saturated rings. The number of nitrogens with one attached hydrogen (secondary N) is 1. The van der Waals surface area contributed by atoms with E-state index in [4.69, 9.17) is 14.7 Å². The van der Waals surface area contributed by atoms with E-state index < -0.39 is 11.5 Å². The Hall–Kier alpha value is -3.23. The van der Waals surface area contributed by atoms with Crippen LogP contribution in [0.4, 0.5) is 5.69 Å². The summed E-state index contributed by atoms with van der Waals surface area (Å²) in [6.07, 6.45) is 1.19. The van der Waals surface area contributed by atoms with Crippen molar-refractivity contribution in [1.29, 1.82) is 0 Å². The average Bonchev–Trinajstić information content (AvgIpc) is 3.01. The Balaban J connectivity index is 1.92. The van der Waals surface area contributed by atoms with Crippen molar-refractivity contribution in [1.82, 2.24) is 15.4 Å². The van der Waals surface area contributed by atoms with Crippen molar-refractivity contribution in [3.63, 3.8) is 0 Å². The first kappa shape index (κ1) is 21.0. The number of pyridine rings is 1. The zero-order valence-corrected chi connectivity index (χ0v) is 18.5. The van der Waals surface area contributed by atoms with Crippen LogP contribution in [-0.4, -0.2) is 39.7 Å². The Morgan fingerprint density at radius 2 is 1.68 bits per heavy atom. The SMILES string of the molecule is COC(=O)/C=C1\SC(=Nc2c3ccccc3nc3ccccc23)N(NC(C)(C)C)C1=O. The summed E-state index contributed by atoms with van der Waals surface area (Å²) in [5.74, 6) is -0.945. The monoisotopic (exact) mass is 434 g/mol. The van der Waals surface area contributed by atoms with E-state index in [0.717, 1.165) is 39.3 Å². The van der Waals surface area contributed by atoms with Gasteiger partial charge in [-0.1, -0.05) is 36.4 Å². The highest BCUT2D eigenvalue weighted by molar-refractivity contribution is 8.18. The first-order chi connectivity index (χ1) is 14.8. The Bertz CT molecular complexity index is 1210. The number of fused-ring (bicyclic) bond motifs is 2. The fourth-order valence-electron chi connectivity index (χ4n) is 3.18. The lowest BCUT2D eigenvalue weighted by molar-refractivity contribution is -0.135. The van der Waals surface area contributed by atoms with Crippen LogP contribution < -0.4 is 5.43 Å². The number of nitrogens with zero attached hydrogens (tertiary/aromatic N) is 3. The number of rotatable bonds is 3. The van der Waals surface area contributed by atoms with Crippen LogP contribution in [0.3, 0.4) is 0 Å². The van der Waals surface area contributed by atoms with Crippen LogP contribution in [0.5, 0.6) is 0 Å². The van der Waals surface area contributed by atoms with Gasteiger partial charge in [-0.2, -0.15) is 0 Å². The molecule has 0 bridgehead atoms. The zero-order chi connectivity index (χ0) is 22.2. The average molecular weight is 435 g/mol. The number of hydrogen-bond donors (Lipinski definition) is 1. The molecule has 1 aliphatic rings. The van der Waals surface area contributed by atoms with Crippen molar-refractivity contribution in [2.24, 2.45) is 4.99 Å². The number of hydrazine groups is 1. The molecule has 3 aromatic rings. The number of aliphatic imine (C=N–C) groups is 1. The van der Waals surface area contributed by atoms with E-state index in [0.29, 0.717) is 5.17 Å². The summed E-state index contributed by atoms with van der Waals surface area (Å²) in [7, 11) is 1.28. The fourth-order valence-corrected chi connectivity index (χ4v) is 4.07. The normalized spacial score (nSPS) is 17.3. The molecule has 158 valence electrons. The van der Waals surface area contributed by atoms with Gasteiger partial charge in [-0.3, -0.25) is 4.79 Å². The van der Waals surface area contributed by atoms with Gasteiger partial charge in [0, 0.05) is 22.4 Å². The van der Waals surface area contributed by atoms with Crippen LogP contribution in [0.25, 0.3) is 21.8 Å². The number of thioether (sulfide) groups is 1.